The van der Waals surface area contributed by atoms with Crippen LogP contribution in [-0.4, -0.2) is 29.1 Å². The summed E-state index contributed by atoms with van der Waals surface area (Å²) in [7, 11) is 3.28. The normalized spacial score (nSPS) is 14.1. The summed E-state index contributed by atoms with van der Waals surface area (Å²) >= 11 is 1.58. The van der Waals surface area contributed by atoms with E-state index in [0.29, 0.717) is 5.92 Å². The maximum absolute atomic E-state index is 6.07. The van der Waals surface area contributed by atoms with E-state index in [2.05, 4.69) is 17.1 Å². The van der Waals surface area contributed by atoms with Gasteiger partial charge in [-0.2, -0.15) is 0 Å². The van der Waals surface area contributed by atoms with Crippen LogP contribution in [0.3, 0.4) is 0 Å². The molecule has 6 nitrogen and oxygen atoms in total. The summed E-state index contributed by atoms with van der Waals surface area (Å²) in [5.41, 5.74) is 2.31. The number of ether oxygens (including phenoxy) is 2. The van der Waals surface area contributed by atoms with Gasteiger partial charge in [0.05, 0.1) is 14.2 Å². The number of rotatable bonds is 6. The average molecular weight is 320 g/mol. The molecule has 1 aliphatic carbocycles. The highest BCUT2D eigenvalue weighted by molar-refractivity contribution is 7.98. The number of nitrogens with two attached hydrogens (primary N) is 1. The van der Waals surface area contributed by atoms with Crippen LogP contribution in [-0.2, 0) is 5.75 Å². The van der Waals surface area contributed by atoms with E-state index in [-0.39, 0.29) is 0 Å². The molecule has 22 heavy (non-hydrogen) atoms. The Morgan fingerprint density at radius 1 is 1.23 bits per heavy atom. The molecule has 118 valence electrons. The predicted octanol–water partition coefficient (Wildman–Crippen LogP) is 2.49. The molecule has 0 radical (unpaired) electrons. The smallest absolute Gasteiger partial charge is 0.210 e. The van der Waals surface area contributed by atoms with Gasteiger partial charge in [0.15, 0.2) is 17.3 Å². The lowest BCUT2D eigenvalue weighted by molar-refractivity contribution is 0.354. The molecule has 7 heteroatoms. The summed E-state index contributed by atoms with van der Waals surface area (Å²) < 4.78 is 12.3. The molecule has 1 aliphatic rings. The lowest BCUT2D eigenvalue weighted by atomic mass is 10.1. The van der Waals surface area contributed by atoms with Gasteiger partial charge < -0.3 is 15.3 Å². The zero-order valence-corrected chi connectivity index (χ0v) is 13.8. The minimum Gasteiger partial charge on any atom is -0.493 e. The molecule has 0 unspecified atom stereocenters. The standard InChI is InChI=1S/C15H20N4O2S/c1-9-6-12(20-2)13(21-3)7-11(9)8-22-15-18-17-14(19(15)16)10-4-5-10/h6-7,10H,4-5,8,16H2,1-3H3. The van der Waals surface area contributed by atoms with Crippen LogP contribution < -0.4 is 15.3 Å². The second kappa shape index (κ2) is 6.08. The highest BCUT2D eigenvalue weighted by Crippen LogP contribution is 2.39. The van der Waals surface area contributed by atoms with Crippen LogP contribution in [0.4, 0.5) is 0 Å². The van der Waals surface area contributed by atoms with E-state index < -0.39 is 0 Å². The van der Waals surface area contributed by atoms with Gasteiger partial charge in [0.25, 0.3) is 0 Å². The van der Waals surface area contributed by atoms with Crippen LogP contribution in [0.2, 0.25) is 0 Å². The molecule has 0 amide bonds. The highest BCUT2D eigenvalue weighted by atomic mass is 32.2. The monoisotopic (exact) mass is 320 g/mol. The van der Waals surface area contributed by atoms with Gasteiger partial charge in [-0.1, -0.05) is 11.8 Å². The maximum Gasteiger partial charge on any atom is 0.210 e. The first-order valence-corrected chi connectivity index (χ1v) is 8.17. The van der Waals surface area contributed by atoms with Crippen molar-refractivity contribution in [1.29, 1.82) is 0 Å². The molecule has 1 aromatic heterocycles. The van der Waals surface area contributed by atoms with Crippen LogP contribution >= 0.6 is 11.8 Å². The van der Waals surface area contributed by atoms with E-state index in [1.807, 2.05) is 12.1 Å². The Labute approximate surface area is 134 Å². The van der Waals surface area contributed by atoms with E-state index in [1.165, 1.54) is 5.56 Å². The van der Waals surface area contributed by atoms with Gasteiger partial charge in [-0.15, -0.1) is 10.2 Å². The number of hydrogen-bond donors (Lipinski definition) is 1. The van der Waals surface area contributed by atoms with Crippen molar-refractivity contribution >= 4 is 11.8 Å². The van der Waals surface area contributed by atoms with Gasteiger partial charge in [0, 0.05) is 11.7 Å². The van der Waals surface area contributed by atoms with Crippen molar-refractivity contribution in [2.75, 3.05) is 20.1 Å². The van der Waals surface area contributed by atoms with Crippen LogP contribution in [0, 0.1) is 6.92 Å². The molecule has 2 aromatic rings. The molecule has 1 saturated carbocycles. The van der Waals surface area contributed by atoms with Crippen molar-refractivity contribution < 1.29 is 9.47 Å². The summed E-state index contributed by atoms with van der Waals surface area (Å²) in [5, 5.41) is 9.14. The summed E-state index contributed by atoms with van der Waals surface area (Å²) in [5.74, 6) is 9.70. The Kier molecular flexibility index (Phi) is 4.15. The molecular weight excluding hydrogens is 300 g/mol. The van der Waals surface area contributed by atoms with Crippen molar-refractivity contribution in [3.63, 3.8) is 0 Å². The molecule has 0 bridgehead atoms. The summed E-state index contributed by atoms with van der Waals surface area (Å²) in [4.78, 5) is 0. The van der Waals surface area contributed by atoms with Crippen molar-refractivity contribution in [2.24, 2.45) is 0 Å². The van der Waals surface area contributed by atoms with Gasteiger partial charge in [0.1, 0.15) is 0 Å². The number of nitrogen functional groups attached to an aromatic ring is 1. The first-order valence-electron chi connectivity index (χ1n) is 7.18. The molecule has 0 spiro atoms. The Hall–Kier alpha value is -1.89. The minimum atomic E-state index is 0.495. The van der Waals surface area contributed by atoms with Crippen molar-refractivity contribution in [1.82, 2.24) is 14.9 Å². The molecule has 0 aliphatic heterocycles. The third-order valence-electron chi connectivity index (χ3n) is 3.83. The number of nitrogens with zero attached hydrogens (tertiary/aromatic N) is 3. The Morgan fingerprint density at radius 2 is 1.91 bits per heavy atom. The number of methoxy groups -OCH3 is 2. The molecule has 1 fully saturated rings. The topological polar surface area (TPSA) is 75.2 Å². The average Bonchev–Trinajstić information content (AvgIpc) is 3.30. The van der Waals surface area contributed by atoms with Crippen LogP contribution in [0.25, 0.3) is 0 Å². The van der Waals surface area contributed by atoms with Crippen molar-refractivity contribution in [2.45, 2.75) is 36.6 Å². The molecule has 1 aromatic carbocycles. The largest absolute Gasteiger partial charge is 0.493 e. The Morgan fingerprint density at radius 3 is 2.55 bits per heavy atom. The van der Waals surface area contributed by atoms with Crippen molar-refractivity contribution in [3.8, 4) is 11.5 Å². The predicted molar refractivity (Wildman–Crippen MR) is 86.0 cm³/mol. The van der Waals surface area contributed by atoms with Crippen molar-refractivity contribution in [3.05, 3.63) is 29.1 Å². The second-order valence-corrected chi connectivity index (χ2v) is 6.35. The summed E-state index contributed by atoms with van der Waals surface area (Å²) in [6.45, 7) is 2.06. The lowest BCUT2D eigenvalue weighted by Gasteiger charge is -2.12. The molecule has 0 saturated heterocycles. The molecular formula is C15H20N4O2S. The summed E-state index contributed by atoms with van der Waals surface area (Å²) in [6.07, 6.45) is 2.32. The first kappa shape index (κ1) is 15.0. The van der Waals surface area contributed by atoms with E-state index in [0.717, 1.165) is 46.6 Å². The zero-order valence-electron chi connectivity index (χ0n) is 13.0. The maximum atomic E-state index is 6.07. The fourth-order valence-electron chi connectivity index (χ4n) is 2.33. The lowest BCUT2D eigenvalue weighted by Crippen LogP contribution is -2.13. The number of hydrogen-bond acceptors (Lipinski definition) is 6. The molecule has 2 N–H and O–H groups in total. The van der Waals surface area contributed by atoms with Crippen LogP contribution in [0.15, 0.2) is 17.3 Å². The summed E-state index contributed by atoms with van der Waals surface area (Å²) in [6, 6.07) is 3.98. The Balaban J connectivity index is 1.76. The van der Waals surface area contributed by atoms with Gasteiger partial charge in [-0.05, 0) is 43.0 Å². The van der Waals surface area contributed by atoms with Crippen LogP contribution in [0.5, 0.6) is 11.5 Å². The quantitative estimate of drug-likeness (QED) is 0.651. The fraction of sp³-hybridized carbons (Fsp3) is 0.467. The number of benzene rings is 1. The molecule has 0 atom stereocenters. The van der Waals surface area contributed by atoms with Gasteiger partial charge in [-0.3, -0.25) is 0 Å². The van der Waals surface area contributed by atoms with Gasteiger partial charge >= 0.3 is 0 Å². The fourth-order valence-corrected chi connectivity index (χ4v) is 3.25. The highest BCUT2D eigenvalue weighted by Gasteiger charge is 2.29. The Bertz CT molecular complexity index is 682. The first-order chi connectivity index (χ1) is 10.6. The van der Waals surface area contributed by atoms with Gasteiger partial charge in [-0.25, -0.2) is 4.68 Å². The second-order valence-electron chi connectivity index (χ2n) is 5.41. The number of thioether (sulfide) groups is 1. The number of aromatic nitrogens is 3. The van der Waals surface area contributed by atoms with E-state index >= 15 is 0 Å². The van der Waals surface area contributed by atoms with Crippen LogP contribution in [0.1, 0.15) is 35.7 Å². The van der Waals surface area contributed by atoms with E-state index in [1.54, 1.807) is 30.7 Å². The molecule has 1 heterocycles. The van der Waals surface area contributed by atoms with E-state index in [4.69, 9.17) is 15.3 Å². The third-order valence-corrected chi connectivity index (χ3v) is 4.82. The van der Waals surface area contributed by atoms with Gasteiger partial charge in [0.2, 0.25) is 5.16 Å². The minimum absolute atomic E-state index is 0.495. The number of aryl methyl sites for hydroxylation is 1. The molecule has 3 rings (SSSR count). The van der Waals surface area contributed by atoms with E-state index in [9.17, 15) is 0 Å². The third kappa shape index (κ3) is 2.85. The zero-order chi connectivity index (χ0) is 15.7. The SMILES string of the molecule is COc1cc(C)c(CSc2nnc(C3CC3)n2N)cc1OC.